The fourth-order valence-corrected chi connectivity index (χ4v) is 3.09. The van der Waals surface area contributed by atoms with Crippen molar-refractivity contribution in [3.63, 3.8) is 0 Å². The van der Waals surface area contributed by atoms with E-state index in [1.54, 1.807) is 48.5 Å². The average Bonchev–Trinajstić information content (AvgIpc) is 2.72. The van der Waals surface area contributed by atoms with Crippen LogP contribution in [0.25, 0.3) is 0 Å². The molecule has 0 radical (unpaired) electrons. The Balaban J connectivity index is 1.68. The number of rotatable bonds is 5. The molecule has 0 saturated heterocycles. The van der Waals surface area contributed by atoms with Gasteiger partial charge in [0.1, 0.15) is 5.75 Å². The number of hydrogen-bond donors (Lipinski definition) is 1. The third-order valence-electron chi connectivity index (χ3n) is 4.64. The number of carbonyl (C=O) groups is 4. The molecule has 0 fully saturated rings. The molecular weight excluding hydrogens is 388 g/mol. The number of nitrogens with zero attached hydrogens (tertiary/aromatic N) is 1. The van der Waals surface area contributed by atoms with Crippen LogP contribution < -0.4 is 15.0 Å². The van der Waals surface area contributed by atoms with E-state index < -0.39 is 24.1 Å². The van der Waals surface area contributed by atoms with Crippen LogP contribution in [0.3, 0.4) is 0 Å². The average molecular weight is 410 g/mol. The maximum Gasteiger partial charge on any atom is 0.350 e. The van der Waals surface area contributed by atoms with Gasteiger partial charge in [-0.25, -0.2) is 4.79 Å². The number of ether oxygens (including phenoxy) is 2. The SMILES string of the molecule is CC(=O)c1ccccc1NC(=O)[C@H](C)OC(=O)[C@@H]1CN(C(C)=O)c2ccccc2O1. The molecule has 1 N–H and O–H groups in total. The quantitative estimate of drug-likeness (QED) is 0.600. The molecule has 8 nitrogen and oxygen atoms in total. The maximum absolute atomic E-state index is 12.6. The van der Waals surface area contributed by atoms with E-state index in [0.29, 0.717) is 22.7 Å². The van der Waals surface area contributed by atoms with Gasteiger partial charge in [-0.05, 0) is 38.1 Å². The number of hydrogen-bond acceptors (Lipinski definition) is 6. The highest BCUT2D eigenvalue weighted by molar-refractivity contribution is 6.05. The summed E-state index contributed by atoms with van der Waals surface area (Å²) in [5.41, 5.74) is 1.26. The molecule has 0 saturated carbocycles. The Labute approximate surface area is 173 Å². The largest absolute Gasteiger partial charge is 0.475 e. The fourth-order valence-electron chi connectivity index (χ4n) is 3.09. The first kappa shape index (κ1) is 21.0. The van der Waals surface area contributed by atoms with Gasteiger partial charge in [0.25, 0.3) is 5.91 Å². The van der Waals surface area contributed by atoms with Crippen LogP contribution in [0, 0.1) is 0 Å². The van der Waals surface area contributed by atoms with E-state index >= 15 is 0 Å². The van der Waals surface area contributed by atoms with Crippen molar-refractivity contribution in [3.8, 4) is 5.75 Å². The van der Waals surface area contributed by atoms with Crippen molar-refractivity contribution >= 4 is 34.9 Å². The van der Waals surface area contributed by atoms with Gasteiger partial charge in [-0.2, -0.15) is 0 Å². The van der Waals surface area contributed by atoms with Crippen LogP contribution in [0.5, 0.6) is 5.75 Å². The van der Waals surface area contributed by atoms with Gasteiger partial charge in [0.05, 0.1) is 17.9 Å². The first-order chi connectivity index (χ1) is 14.3. The maximum atomic E-state index is 12.6. The zero-order valence-electron chi connectivity index (χ0n) is 16.9. The minimum absolute atomic E-state index is 0.0211. The number of benzene rings is 2. The van der Waals surface area contributed by atoms with Crippen molar-refractivity contribution in [2.75, 3.05) is 16.8 Å². The predicted molar refractivity (Wildman–Crippen MR) is 110 cm³/mol. The van der Waals surface area contributed by atoms with Crippen molar-refractivity contribution in [1.29, 1.82) is 0 Å². The smallest absolute Gasteiger partial charge is 0.350 e. The molecule has 2 aromatic rings. The van der Waals surface area contributed by atoms with Crippen LogP contribution >= 0.6 is 0 Å². The minimum Gasteiger partial charge on any atom is -0.475 e. The van der Waals surface area contributed by atoms with Gasteiger partial charge in [-0.3, -0.25) is 14.4 Å². The van der Waals surface area contributed by atoms with E-state index in [-0.39, 0.29) is 18.2 Å². The summed E-state index contributed by atoms with van der Waals surface area (Å²) in [5, 5.41) is 2.60. The van der Waals surface area contributed by atoms with Crippen LogP contribution in [0.2, 0.25) is 0 Å². The second-order valence-electron chi connectivity index (χ2n) is 6.87. The third-order valence-corrected chi connectivity index (χ3v) is 4.64. The highest BCUT2D eigenvalue weighted by Crippen LogP contribution is 2.33. The van der Waals surface area contributed by atoms with Crippen LogP contribution in [-0.4, -0.2) is 42.3 Å². The Morgan fingerprint density at radius 2 is 1.73 bits per heavy atom. The second kappa shape index (κ2) is 8.77. The molecule has 2 amide bonds. The number of nitrogens with one attached hydrogen (secondary N) is 1. The normalized spacial score (nSPS) is 16.0. The Bertz CT molecular complexity index is 1000. The molecule has 1 aliphatic rings. The number of ketones is 1. The molecule has 0 aliphatic carbocycles. The van der Waals surface area contributed by atoms with E-state index in [9.17, 15) is 19.2 Å². The summed E-state index contributed by atoms with van der Waals surface area (Å²) in [5.74, 6) is -1.41. The summed E-state index contributed by atoms with van der Waals surface area (Å²) in [4.78, 5) is 50.2. The Kier molecular flexibility index (Phi) is 6.15. The zero-order chi connectivity index (χ0) is 21.8. The Morgan fingerprint density at radius 1 is 1.07 bits per heavy atom. The Hall–Kier alpha value is -3.68. The van der Waals surface area contributed by atoms with Gasteiger partial charge >= 0.3 is 5.97 Å². The van der Waals surface area contributed by atoms with Gasteiger partial charge < -0.3 is 19.7 Å². The lowest BCUT2D eigenvalue weighted by molar-refractivity contribution is -0.160. The van der Waals surface area contributed by atoms with E-state index in [0.717, 1.165) is 0 Å². The van der Waals surface area contributed by atoms with Gasteiger partial charge in [-0.15, -0.1) is 0 Å². The number of esters is 1. The topological polar surface area (TPSA) is 102 Å². The molecule has 1 aliphatic heterocycles. The fraction of sp³-hybridized carbons (Fsp3) is 0.273. The molecule has 8 heteroatoms. The highest BCUT2D eigenvalue weighted by Gasteiger charge is 2.35. The minimum atomic E-state index is -1.14. The number of carbonyl (C=O) groups excluding carboxylic acids is 4. The standard InChI is InChI=1S/C22H22N2O6/c1-13(25)16-8-4-5-9-17(16)23-21(27)14(2)29-22(28)20-12-24(15(3)26)18-10-6-7-11-19(18)30-20/h4-11,14,20H,12H2,1-3H3,(H,23,27)/t14-,20-/m0/s1. The summed E-state index contributed by atoms with van der Waals surface area (Å²) in [6.07, 6.45) is -2.20. The summed E-state index contributed by atoms with van der Waals surface area (Å²) in [7, 11) is 0. The lowest BCUT2D eigenvalue weighted by Crippen LogP contribution is -2.48. The molecule has 0 aromatic heterocycles. The molecule has 0 unspecified atom stereocenters. The lowest BCUT2D eigenvalue weighted by atomic mass is 10.1. The second-order valence-corrected chi connectivity index (χ2v) is 6.87. The molecule has 0 bridgehead atoms. The summed E-state index contributed by atoms with van der Waals surface area (Å²) in [6, 6.07) is 13.4. The van der Waals surface area contributed by atoms with Crippen molar-refractivity contribution in [3.05, 3.63) is 54.1 Å². The van der Waals surface area contributed by atoms with Gasteiger partial charge in [-0.1, -0.05) is 24.3 Å². The van der Waals surface area contributed by atoms with Crippen LogP contribution in [0.1, 0.15) is 31.1 Å². The molecular formula is C22H22N2O6. The summed E-state index contributed by atoms with van der Waals surface area (Å²) < 4.78 is 10.9. The molecule has 156 valence electrons. The van der Waals surface area contributed by atoms with E-state index in [1.165, 1.54) is 25.7 Å². The van der Waals surface area contributed by atoms with E-state index in [2.05, 4.69) is 5.32 Å². The molecule has 30 heavy (non-hydrogen) atoms. The molecule has 2 aromatic carbocycles. The monoisotopic (exact) mass is 410 g/mol. The molecule has 3 rings (SSSR count). The Morgan fingerprint density at radius 3 is 2.43 bits per heavy atom. The van der Waals surface area contributed by atoms with Crippen molar-refractivity contribution in [2.24, 2.45) is 0 Å². The first-order valence-corrected chi connectivity index (χ1v) is 9.43. The summed E-state index contributed by atoms with van der Waals surface area (Å²) >= 11 is 0. The number of anilines is 2. The van der Waals surface area contributed by atoms with Crippen molar-refractivity contribution in [1.82, 2.24) is 0 Å². The highest BCUT2D eigenvalue weighted by atomic mass is 16.6. The van der Waals surface area contributed by atoms with Gasteiger partial charge in [0.2, 0.25) is 12.0 Å². The van der Waals surface area contributed by atoms with E-state index in [4.69, 9.17) is 9.47 Å². The van der Waals surface area contributed by atoms with Gasteiger partial charge in [0.15, 0.2) is 11.9 Å². The van der Waals surface area contributed by atoms with Crippen molar-refractivity contribution < 1.29 is 28.7 Å². The van der Waals surface area contributed by atoms with E-state index in [1.807, 2.05) is 0 Å². The molecule has 1 heterocycles. The van der Waals surface area contributed by atoms with Crippen LogP contribution in [0.4, 0.5) is 11.4 Å². The number of para-hydroxylation sites is 3. The third kappa shape index (κ3) is 4.48. The first-order valence-electron chi connectivity index (χ1n) is 9.43. The van der Waals surface area contributed by atoms with Crippen molar-refractivity contribution in [2.45, 2.75) is 33.0 Å². The van der Waals surface area contributed by atoms with Crippen LogP contribution in [-0.2, 0) is 19.1 Å². The lowest BCUT2D eigenvalue weighted by Gasteiger charge is -2.33. The number of Topliss-reactive ketones (excluding diaryl/α,β-unsaturated/α-hetero) is 1. The zero-order valence-corrected chi connectivity index (χ0v) is 16.9. The number of fused-ring (bicyclic) bond motifs is 1. The van der Waals surface area contributed by atoms with Gasteiger partial charge in [0, 0.05) is 12.5 Å². The molecule has 2 atom stereocenters. The van der Waals surface area contributed by atoms with Crippen LogP contribution in [0.15, 0.2) is 48.5 Å². The predicted octanol–water partition coefficient (Wildman–Crippen LogP) is 2.57. The summed E-state index contributed by atoms with van der Waals surface area (Å²) in [6.45, 7) is 4.19. The number of amides is 2. The molecule has 0 spiro atoms.